The first-order chi connectivity index (χ1) is 7.85. The first kappa shape index (κ1) is 11.6. The van der Waals surface area contributed by atoms with Crippen LogP contribution in [0.1, 0.15) is 30.5 Å². The third-order valence-corrected chi connectivity index (χ3v) is 3.12. The van der Waals surface area contributed by atoms with Gasteiger partial charge in [0.05, 0.1) is 25.9 Å². The van der Waals surface area contributed by atoms with Crippen molar-refractivity contribution < 1.29 is 9.84 Å². The molecule has 0 aliphatic carbocycles. The van der Waals surface area contributed by atoms with E-state index < -0.39 is 0 Å². The zero-order valence-electron chi connectivity index (χ0n) is 9.65. The minimum absolute atomic E-state index is 0.153. The van der Waals surface area contributed by atoms with Gasteiger partial charge in [-0.1, -0.05) is 31.2 Å². The zero-order chi connectivity index (χ0) is 11.4. The zero-order valence-corrected chi connectivity index (χ0v) is 9.65. The first-order valence-electron chi connectivity index (χ1n) is 5.87. The monoisotopic (exact) mass is 221 g/mol. The van der Waals surface area contributed by atoms with Crippen molar-refractivity contribution in [2.45, 2.75) is 32.0 Å². The standard InChI is InChI=1S/C13H19NO2/c1-2-11(7-15)14-13-9-16-8-10-5-3-4-6-12(10)13/h3-6,11,13-15H,2,7-9H2,1H3/t11-,13?/m1/s1. The molecule has 1 aliphatic heterocycles. The normalized spacial score (nSPS) is 21.5. The van der Waals surface area contributed by atoms with Gasteiger partial charge in [-0.15, -0.1) is 0 Å². The van der Waals surface area contributed by atoms with Gasteiger partial charge < -0.3 is 15.2 Å². The predicted octanol–water partition coefficient (Wildman–Crippen LogP) is 1.62. The summed E-state index contributed by atoms with van der Waals surface area (Å²) in [7, 11) is 0. The van der Waals surface area contributed by atoms with Gasteiger partial charge in [0.25, 0.3) is 0 Å². The van der Waals surface area contributed by atoms with Crippen LogP contribution in [0.5, 0.6) is 0 Å². The van der Waals surface area contributed by atoms with Crippen LogP contribution in [0.25, 0.3) is 0 Å². The summed E-state index contributed by atoms with van der Waals surface area (Å²) in [5.41, 5.74) is 2.56. The summed E-state index contributed by atoms with van der Waals surface area (Å²) in [5, 5.41) is 12.6. The summed E-state index contributed by atoms with van der Waals surface area (Å²) in [6, 6.07) is 8.69. The van der Waals surface area contributed by atoms with Gasteiger partial charge in [0.1, 0.15) is 0 Å². The second-order valence-corrected chi connectivity index (χ2v) is 4.22. The molecule has 1 aromatic rings. The summed E-state index contributed by atoms with van der Waals surface area (Å²) in [6.45, 7) is 3.64. The summed E-state index contributed by atoms with van der Waals surface area (Å²) in [4.78, 5) is 0. The maximum Gasteiger partial charge on any atom is 0.0721 e. The quantitative estimate of drug-likeness (QED) is 0.811. The molecule has 1 aliphatic rings. The fraction of sp³-hybridized carbons (Fsp3) is 0.538. The number of fused-ring (bicyclic) bond motifs is 1. The summed E-state index contributed by atoms with van der Waals surface area (Å²) < 4.78 is 5.55. The number of aliphatic hydroxyl groups excluding tert-OH is 1. The highest BCUT2D eigenvalue weighted by atomic mass is 16.5. The Bertz CT molecular complexity index is 336. The molecule has 2 rings (SSSR count). The minimum atomic E-state index is 0.153. The number of benzene rings is 1. The molecule has 88 valence electrons. The molecule has 0 spiro atoms. The molecule has 1 heterocycles. The van der Waals surface area contributed by atoms with Crippen LogP contribution >= 0.6 is 0 Å². The van der Waals surface area contributed by atoms with E-state index in [1.807, 2.05) is 6.07 Å². The lowest BCUT2D eigenvalue weighted by Gasteiger charge is -2.29. The van der Waals surface area contributed by atoms with Gasteiger partial charge in [-0.25, -0.2) is 0 Å². The second-order valence-electron chi connectivity index (χ2n) is 4.22. The van der Waals surface area contributed by atoms with E-state index in [9.17, 15) is 5.11 Å². The molecular weight excluding hydrogens is 202 g/mol. The maximum atomic E-state index is 9.20. The molecule has 0 fully saturated rings. The van der Waals surface area contributed by atoms with Crippen LogP contribution in [0, 0.1) is 0 Å². The third kappa shape index (κ3) is 2.43. The Morgan fingerprint density at radius 2 is 2.31 bits per heavy atom. The predicted molar refractivity (Wildman–Crippen MR) is 63.1 cm³/mol. The van der Waals surface area contributed by atoms with Crippen LogP contribution in [-0.2, 0) is 11.3 Å². The van der Waals surface area contributed by atoms with Gasteiger partial charge in [0.2, 0.25) is 0 Å². The Hall–Kier alpha value is -0.900. The maximum absolute atomic E-state index is 9.20. The third-order valence-electron chi connectivity index (χ3n) is 3.12. The van der Waals surface area contributed by atoms with Gasteiger partial charge in [0, 0.05) is 6.04 Å². The van der Waals surface area contributed by atoms with Crippen molar-refractivity contribution in [3.63, 3.8) is 0 Å². The molecule has 2 atom stereocenters. The van der Waals surface area contributed by atoms with E-state index in [0.717, 1.165) is 6.42 Å². The van der Waals surface area contributed by atoms with Crippen molar-refractivity contribution in [2.24, 2.45) is 0 Å². The molecule has 0 radical (unpaired) electrons. The van der Waals surface area contributed by atoms with Crippen LogP contribution in [0.3, 0.4) is 0 Å². The fourth-order valence-electron chi connectivity index (χ4n) is 2.10. The van der Waals surface area contributed by atoms with Crippen LogP contribution in [0.2, 0.25) is 0 Å². The molecule has 0 bridgehead atoms. The van der Waals surface area contributed by atoms with Crippen LogP contribution < -0.4 is 5.32 Å². The molecule has 0 saturated carbocycles. The van der Waals surface area contributed by atoms with E-state index in [1.165, 1.54) is 11.1 Å². The van der Waals surface area contributed by atoms with E-state index >= 15 is 0 Å². The highest BCUT2D eigenvalue weighted by molar-refractivity contribution is 5.31. The van der Waals surface area contributed by atoms with E-state index in [4.69, 9.17) is 4.74 Å². The number of aliphatic hydroxyl groups is 1. The van der Waals surface area contributed by atoms with Crippen molar-refractivity contribution >= 4 is 0 Å². The Labute approximate surface area is 96.4 Å². The first-order valence-corrected chi connectivity index (χ1v) is 5.87. The van der Waals surface area contributed by atoms with Crippen molar-refractivity contribution in [2.75, 3.05) is 13.2 Å². The highest BCUT2D eigenvalue weighted by Gasteiger charge is 2.21. The smallest absolute Gasteiger partial charge is 0.0721 e. The average molecular weight is 221 g/mol. The van der Waals surface area contributed by atoms with E-state index in [-0.39, 0.29) is 18.7 Å². The Balaban J connectivity index is 2.12. The molecular formula is C13H19NO2. The molecule has 1 aromatic carbocycles. The molecule has 0 amide bonds. The lowest BCUT2D eigenvalue weighted by molar-refractivity contribution is 0.0742. The number of ether oxygens (including phenoxy) is 1. The minimum Gasteiger partial charge on any atom is -0.395 e. The topological polar surface area (TPSA) is 41.5 Å². The van der Waals surface area contributed by atoms with E-state index in [2.05, 4.69) is 30.4 Å². The number of hydrogen-bond acceptors (Lipinski definition) is 3. The van der Waals surface area contributed by atoms with Crippen molar-refractivity contribution in [1.29, 1.82) is 0 Å². The molecule has 0 saturated heterocycles. The highest BCUT2D eigenvalue weighted by Crippen LogP contribution is 2.24. The number of nitrogens with one attached hydrogen (secondary N) is 1. The summed E-state index contributed by atoms with van der Waals surface area (Å²) in [5.74, 6) is 0. The molecule has 3 heteroatoms. The Morgan fingerprint density at radius 1 is 1.50 bits per heavy atom. The fourth-order valence-corrected chi connectivity index (χ4v) is 2.10. The molecule has 1 unspecified atom stereocenters. The lowest BCUT2D eigenvalue weighted by Crippen LogP contribution is -2.39. The average Bonchev–Trinajstić information content (AvgIpc) is 2.36. The van der Waals surface area contributed by atoms with Gasteiger partial charge in [-0.3, -0.25) is 0 Å². The molecule has 0 aromatic heterocycles. The van der Waals surface area contributed by atoms with Gasteiger partial charge in [0.15, 0.2) is 0 Å². The second kappa shape index (κ2) is 5.43. The van der Waals surface area contributed by atoms with E-state index in [0.29, 0.717) is 13.2 Å². The SMILES string of the molecule is CC[C@H](CO)NC1COCc2ccccc21. The van der Waals surface area contributed by atoms with Crippen molar-refractivity contribution in [3.05, 3.63) is 35.4 Å². The Morgan fingerprint density at radius 3 is 3.06 bits per heavy atom. The molecule has 16 heavy (non-hydrogen) atoms. The van der Waals surface area contributed by atoms with Crippen LogP contribution in [0.4, 0.5) is 0 Å². The Kier molecular flexibility index (Phi) is 3.93. The van der Waals surface area contributed by atoms with Crippen molar-refractivity contribution in [3.8, 4) is 0 Å². The van der Waals surface area contributed by atoms with Crippen LogP contribution in [0.15, 0.2) is 24.3 Å². The summed E-state index contributed by atoms with van der Waals surface area (Å²) >= 11 is 0. The van der Waals surface area contributed by atoms with E-state index in [1.54, 1.807) is 0 Å². The van der Waals surface area contributed by atoms with Gasteiger partial charge in [-0.05, 0) is 17.5 Å². The summed E-state index contributed by atoms with van der Waals surface area (Å²) in [6.07, 6.45) is 0.926. The molecule has 2 N–H and O–H groups in total. The number of hydrogen-bond donors (Lipinski definition) is 2. The lowest BCUT2D eigenvalue weighted by atomic mass is 9.98. The van der Waals surface area contributed by atoms with Gasteiger partial charge in [-0.2, -0.15) is 0 Å². The van der Waals surface area contributed by atoms with Gasteiger partial charge >= 0.3 is 0 Å². The largest absolute Gasteiger partial charge is 0.395 e. The molecule has 3 nitrogen and oxygen atoms in total. The number of rotatable bonds is 4. The van der Waals surface area contributed by atoms with Crippen LogP contribution in [-0.4, -0.2) is 24.4 Å². The van der Waals surface area contributed by atoms with Crippen molar-refractivity contribution in [1.82, 2.24) is 5.32 Å².